The molecule has 0 atom stereocenters. The number of halogens is 1. The average molecular weight is 321 g/mol. The zero-order valence-corrected chi connectivity index (χ0v) is 13.2. The summed E-state index contributed by atoms with van der Waals surface area (Å²) in [5, 5.41) is 2.29. The van der Waals surface area contributed by atoms with Crippen molar-refractivity contribution >= 4 is 26.8 Å². The van der Waals surface area contributed by atoms with Crippen molar-refractivity contribution < 1.29 is 0 Å². The lowest BCUT2D eigenvalue weighted by molar-refractivity contribution is 0.214. The minimum Gasteiger partial charge on any atom is -0.297 e. The van der Waals surface area contributed by atoms with Crippen molar-refractivity contribution in [2.24, 2.45) is 0 Å². The molecule has 102 valence electrons. The van der Waals surface area contributed by atoms with Gasteiger partial charge in [-0.3, -0.25) is 9.88 Å². The summed E-state index contributed by atoms with van der Waals surface area (Å²) in [5.74, 6) is 0. The molecule has 0 unspecified atom stereocenters. The predicted octanol–water partition coefficient (Wildman–Crippen LogP) is 4.23. The molecule has 1 aromatic heterocycles. The fourth-order valence-electron chi connectivity index (χ4n) is 2.24. The molecule has 0 aliphatic heterocycles. The average Bonchev–Trinajstić information content (AvgIpc) is 2.43. The molecule has 3 heteroatoms. The number of aromatic nitrogens is 1. The third-order valence-corrected chi connectivity index (χ3v) is 3.92. The third-order valence-electron chi connectivity index (χ3n) is 3.36. The number of alkyl halides is 1. The highest BCUT2D eigenvalue weighted by Crippen LogP contribution is 2.16. The Morgan fingerprint density at radius 1 is 1.26 bits per heavy atom. The smallest absolute Gasteiger partial charge is 0.0702 e. The van der Waals surface area contributed by atoms with Gasteiger partial charge in [-0.15, -0.1) is 0 Å². The van der Waals surface area contributed by atoms with Gasteiger partial charge in [-0.05, 0) is 50.6 Å². The SMILES string of the molecule is CC(C)N(CCCBr)Cc1ccc2ncccc2c1. The van der Waals surface area contributed by atoms with Crippen molar-refractivity contribution in [2.45, 2.75) is 32.9 Å². The van der Waals surface area contributed by atoms with Crippen LogP contribution in [0.5, 0.6) is 0 Å². The van der Waals surface area contributed by atoms with Gasteiger partial charge in [-0.2, -0.15) is 0 Å². The Hall–Kier alpha value is -0.930. The van der Waals surface area contributed by atoms with Crippen LogP contribution >= 0.6 is 15.9 Å². The standard InChI is InChI=1S/C16H21BrN2/c1-13(2)19(10-4-8-17)12-14-6-7-16-15(11-14)5-3-9-18-16/h3,5-7,9,11,13H,4,8,10,12H2,1-2H3. The lowest BCUT2D eigenvalue weighted by atomic mass is 10.1. The Bertz CT molecular complexity index is 525. The summed E-state index contributed by atoms with van der Waals surface area (Å²) < 4.78 is 0. The summed E-state index contributed by atoms with van der Waals surface area (Å²) in [5.41, 5.74) is 2.44. The van der Waals surface area contributed by atoms with Crippen LogP contribution in [0.3, 0.4) is 0 Å². The van der Waals surface area contributed by atoms with E-state index in [0.29, 0.717) is 6.04 Å². The largest absolute Gasteiger partial charge is 0.297 e. The van der Waals surface area contributed by atoms with Crippen molar-refractivity contribution in [3.63, 3.8) is 0 Å². The first-order valence-corrected chi connectivity index (χ1v) is 7.96. The van der Waals surface area contributed by atoms with Crippen LogP contribution in [0.15, 0.2) is 36.5 Å². The van der Waals surface area contributed by atoms with E-state index in [0.717, 1.165) is 23.9 Å². The molecular formula is C16H21BrN2. The quantitative estimate of drug-likeness (QED) is 0.740. The van der Waals surface area contributed by atoms with E-state index in [4.69, 9.17) is 0 Å². The number of nitrogens with zero attached hydrogens (tertiary/aromatic N) is 2. The van der Waals surface area contributed by atoms with Gasteiger partial charge in [0.15, 0.2) is 0 Å². The number of rotatable bonds is 6. The molecule has 0 aliphatic rings. The van der Waals surface area contributed by atoms with Crippen molar-refractivity contribution in [1.29, 1.82) is 0 Å². The second-order valence-corrected chi connectivity index (χ2v) is 5.93. The van der Waals surface area contributed by atoms with Gasteiger partial charge in [0.1, 0.15) is 0 Å². The van der Waals surface area contributed by atoms with Crippen LogP contribution in [0, 0.1) is 0 Å². The fourth-order valence-corrected chi connectivity index (χ4v) is 2.49. The first-order valence-electron chi connectivity index (χ1n) is 6.84. The summed E-state index contributed by atoms with van der Waals surface area (Å²) in [7, 11) is 0. The van der Waals surface area contributed by atoms with E-state index in [1.807, 2.05) is 12.3 Å². The lowest BCUT2D eigenvalue weighted by Crippen LogP contribution is -2.31. The van der Waals surface area contributed by atoms with Gasteiger partial charge in [-0.1, -0.05) is 28.1 Å². The molecule has 1 heterocycles. The van der Waals surface area contributed by atoms with Crippen molar-refractivity contribution in [3.05, 3.63) is 42.1 Å². The number of fused-ring (bicyclic) bond motifs is 1. The summed E-state index contributed by atoms with van der Waals surface area (Å²) in [4.78, 5) is 6.88. The monoisotopic (exact) mass is 320 g/mol. The Balaban J connectivity index is 2.14. The van der Waals surface area contributed by atoms with Gasteiger partial charge in [0.05, 0.1) is 5.52 Å². The minimum atomic E-state index is 0.573. The zero-order valence-electron chi connectivity index (χ0n) is 11.6. The molecular weight excluding hydrogens is 300 g/mol. The van der Waals surface area contributed by atoms with Crippen LogP contribution in [-0.2, 0) is 6.54 Å². The molecule has 2 nitrogen and oxygen atoms in total. The molecule has 0 aliphatic carbocycles. The molecule has 0 N–H and O–H groups in total. The Morgan fingerprint density at radius 2 is 2.11 bits per heavy atom. The Kier molecular flexibility index (Phi) is 5.34. The van der Waals surface area contributed by atoms with E-state index in [1.54, 1.807) is 0 Å². The molecule has 2 aromatic rings. The van der Waals surface area contributed by atoms with Gasteiger partial charge >= 0.3 is 0 Å². The molecule has 0 radical (unpaired) electrons. The van der Waals surface area contributed by atoms with Crippen LogP contribution in [0.25, 0.3) is 10.9 Å². The van der Waals surface area contributed by atoms with E-state index < -0.39 is 0 Å². The second-order valence-electron chi connectivity index (χ2n) is 5.14. The number of pyridine rings is 1. The van der Waals surface area contributed by atoms with E-state index in [9.17, 15) is 0 Å². The van der Waals surface area contributed by atoms with Gasteiger partial charge in [0.2, 0.25) is 0 Å². The Morgan fingerprint density at radius 3 is 2.84 bits per heavy atom. The predicted molar refractivity (Wildman–Crippen MR) is 85.7 cm³/mol. The maximum Gasteiger partial charge on any atom is 0.0702 e. The van der Waals surface area contributed by atoms with Crippen LogP contribution in [0.1, 0.15) is 25.8 Å². The highest BCUT2D eigenvalue weighted by molar-refractivity contribution is 9.09. The third kappa shape index (κ3) is 4.02. The van der Waals surface area contributed by atoms with Crippen LogP contribution in [0.4, 0.5) is 0 Å². The summed E-state index contributed by atoms with van der Waals surface area (Å²) in [6, 6.07) is 11.3. The van der Waals surface area contributed by atoms with E-state index in [2.05, 4.69) is 63.9 Å². The molecule has 0 spiro atoms. The topological polar surface area (TPSA) is 16.1 Å². The number of hydrogen-bond acceptors (Lipinski definition) is 2. The highest BCUT2D eigenvalue weighted by Gasteiger charge is 2.09. The molecule has 0 bridgehead atoms. The summed E-state index contributed by atoms with van der Waals surface area (Å²) in [6.07, 6.45) is 3.03. The van der Waals surface area contributed by atoms with E-state index in [-0.39, 0.29) is 0 Å². The molecule has 0 saturated heterocycles. The molecule has 0 amide bonds. The molecule has 0 saturated carbocycles. The van der Waals surface area contributed by atoms with Gasteiger partial charge in [0.25, 0.3) is 0 Å². The molecule has 1 aromatic carbocycles. The van der Waals surface area contributed by atoms with Crippen molar-refractivity contribution in [2.75, 3.05) is 11.9 Å². The van der Waals surface area contributed by atoms with Crippen LogP contribution in [0.2, 0.25) is 0 Å². The van der Waals surface area contributed by atoms with Crippen molar-refractivity contribution in [1.82, 2.24) is 9.88 Å². The van der Waals surface area contributed by atoms with Gasteiger partial charge < -0.3 is 0 Å². The van der Waals surface area contributed by atoms with Crippen LogP contribution < -0.4 is 0 Å². The zero-order chi connectivity index (χ0) is 13.7. The van der Waals surface area contributed by atoms with E-state index in [1.165, 1.54) is 17.4 Å². The van der Waals surface area contributed by atoms with Crippen LogP contribution in [-0.4, -0.2) is 27.8 Å². The highest BCUT2D eigenvalue weighted by atomic mass is 79.9. The summed E-state index contributed by atoms with van der Waals surface area (Å²) in [6.45, 7) is 6.66. The van der Waals surface area contributed by atoms with Gasteiger partial charge in [-0.25, -0.2) is 0 Å². The second kappa shape index (κ2) is 7.01. The Labute approximate surface area is 124 Å². The number of hydrogen-bond donors (Lipinski definition) is 0. The van der Waals surface area contributed by atoms with Crippen molar-refractivity contribution in [3.8, 4) is 0 Å². The lowest BCUT2D eigenvalue weighted by Gasteiger charge is -2.26. The first-order chi connectivity index (χ1) is 9.20. The number of benzene rings is 1. The van der Waals surface area contributed by atoms with E-state index >= 15 is 0 Å². The molecule has 2 rings (SSSR count). The molecule has 0 fully saturated rings. The maximum atomic E-state index is 4.37. The summed E-state index contributed by atoms with van der Waals surface area (Å²) >= 11 is 3.51. The van der Waals surface area contributed by atoms with Gasteiger partial charge in [0, 0.05) is 29.5 Å². The molecule has 19 heavy (non-hydrogen) atoms. The fraction of sp³-hybridized carbons (Fsp3) is 0.438. The normalized spacial score (nSPS) is 11.6. The maximum absolute atomic E-state index is 4.37. The minimum absolute atomic E-state index is 0.573. The first kappa shape index (κ1) is 14.5.